The molecule has 0 aliphatic heterocycles. The van der Waals surface area contributed by atoms with Crippen LogP contribution >= 0.6 is 22.9 Å². The highest BCUT2D eigenvalue weighted by Gasteiger charge is 2.24. The van der Waals surface area contributed by atoms with E-state index in [0.717, 1.165) is 15.4 Å². The van der Waals surface area contributed by atoms with E-state index in [2.05, 4.69) is 5.10 Å². The summed E-state index contributed by atoms with van der Waals surface area (Å²) in [7, 11) is 1.45. The summed E-state index contributed by atoms with van der Waals surface area (Å²) in [5.41, 5.74) is 1.32. The van der Waals surface area contributed by atoms with Gasteiger partial charge in [0.05, 0.1) is 34.1 Å². The fraction of sp³-hybridized carbons (Fsp3) is 0.174. The van der Waals surface area contributed by atoms with Gasteiger partial charge in [0.1, 0.15) is 5.60 Å². The van der Waals surface area contributed by atoms with Crippen molar-refractivity contribution in [2.24, 2.45) is 0 Å². The highest BCUT2D eigenvalue weighted by Crippen LogP contribution is 2.39. The number of aromatic nitrogens is 2. The number of thiophene rings is 1. The van der Waals surface area contributed by atoms with Crippen LogP contribution in [0.25, 0.3) is 26.7 Å². The normalized spacial score (nSPS) is 11.7. The molecule has 0 spiro atoms. The number of nitrogens with zero attached hydrogens (tertiary/aromatic N) is 2. The van der Waals surface area contributed by atoms with Crippen LogP contribution in [0.2, 0.25) is 5.02 Å². The van der Waals surface area contributed by atoms with Crippen LogP contribution in [0.4, 0.5) is 4.39 Å². The molecule has 0 aliphatic carbocycles. The van der Waals surface area contributed by atoms with E-state index < -0.39 is 11.4 Å². The highest BCUT2D eigenvalue weighted by molar-refractivity contribution is 7.18. The zero-order valence-electron chi connectivity index (χ0n) is 16.7. The molecule has 4 nitrogen and oxygen atoms in total. The second kappa shape index (κ2) is 7.87. The molecule has 2 aromatic carbocycles. The highest BCUT2D eigenvalue weighted by atomic mass is 35.5. The lowest BCUT2D eigenvalue weighted by Gasteiger charge is -2.13. The molecule has 0 saturated carbocycles. The molecule has 2 aromatic heterocycles. The second-order valence-electron chi connectivity index (χ2n) is 7.32. The number of aliphatic hydroxyl groups is 1. The van der Waals surface area contributed by atoms with E-state index in [1.807, 2.05) is 36.4 Å². The van der Waals surface area contributed by atoms with Gasteiger partial charge < -0.3 is 9.84 Å². The Hall–Kier alpha value is -2.67. The fourth-order valence-corrected chi connectivity index (χ4v) is 4.38. The van der Waals surface area contributed by atoms with E-state index in [1.54, 1.807) is 42.8 Å². The number of halogens is 2. The molecule has 7 heteroatoms. The monoisotopic (exact) mass is 442 g/mol. The predicted octanol–water partition coefficient (Wildman–Crippen LogP) is 6.30. The van der Waals surface area contributed by atoms with E-state index in [0.29, 0.717) is 22.0 Å². The average molecular weight is 443 g/mol. The minimum Gasteiger partial charge on any atom is -0.494 e. The Kier molecular flexibility index (Phi) is 5.40. The predicted molar refractivity (Wildman–Crippen MR) is 119 cm³/mol. The molecule has 0 atom stereocenters. The van der Waals surface area contributed by atoms with Gasteiger partial charge in [-0.3, -0.25) is 0 Å². The van der Waals surface area contributed by atoms with Gasteiger partial charge in [-0.1, -0.05) is 35.9 Å². The van der Waals surface area contributed by atoms with E-state index in [4.69, 9.17) is 16.3 Å². The van der Waals surface area contributed by atoms with Crippen molar-refractivity contribution in [3.05, 3.63) is 77.2 Å². The van der Waals surface area contributed by atoms with Gasteiger partial charge in [0.15, 0.2) is 11.6 Å². The van der Waals surface area contributed by atoms with Gasteiger partial charge in [-0.05, 0) is 50.2 Å². The first kappa shape index (κ1) is 20.6. The quantitative estimate of drug-likeness (QED) is 0.394. The molecule has 154 valence electrons. The van der Waals surface area contributed by atoms with E-state index in [9.17, 15) is 9.50 Å². The maximum absolute atomic E-state index is 14.7. The number of methoxy groups -OCH3 is 1. The van der Waals surface area contributed by atoms with Crippen LogP contribution in [0.1, 0.15) is 19.5 Å². The third-order valence-corrected chi connectivity index (χ3v) is 6.18. The molecular weight excluding hydrogens is 423 g/mol. The third-order valence-electron chi connectivity index (χ3n) is 4.72. The first-order chi connectivity index (χ1) is 14.3. The van der Waals surface area contributed by atoms with Crippen molar-refractivity contribution in [3.63, 3.8) is 0 Å². The summed E-state index contributed by atoms with van der Waals surface area (Å²) in [6.07, 6.45) is 0. The van der Waals surface area contributed by atoms with Gasteiger partial charge in [0.25, 0.3) is 0 Å². The summed E-state index contributed by atoms with van der Waals surface area (Å²) < 4.78 is 21.6. The smallest absolute Gasteiger partial charge is 0.173 e. The molecule has 4 aromatic rings. The summed E-state index contributed by atoms with van der Waals surface area (Å²) in [6.45, 7) is 3.36. The first-order valence-electron chi connectivity index (χ1n) is 9.30. The standard InChI is InChI=1S/C23H20ClFN2O2S/c1-23(2,28)21-13-17(27(26-21)16-9-5-4-8-15(16)24)20-12-11-19(30-20)14-7-6-10-18(29-3)22(14)25/h4-13,28H,1-3H3. The molecule has 0 radical (unpaired) electrons. The second-order valence-corrected chi connectivity index (χ2v) is 8.81. The largest absolute Gasteiger partial charge is 0.494 e. The average Bonchev–Trinajstić information content (AvgIpc) is 3.35. The molecule has 0 aliphatic rings. The molecule has 0 fully saturated rings. The Morgan fingerprint density at radius 2 is 1.80 bits per heavy atom. The molecule has 1 N–H and O–H groups in total. The van der Waals surface area contributed by atoms with Gasteiger partial charge >= 0.3 is 0 Å². The van der Waals surface area contributed by atoms with Crippen LogP contribution in [0.3, 0.4) is 0 Å². The number of ether oxygens (including phenoxy) is 1. The number of para-hydroxylation sites is 1. The lowest BCUT2D eigenvalue weighted by Crippen LogP contribution is -2.16. The summed E-state index contributed by atoms with van der Waals surface area (Å²) in [6, 6.07) is 18.1. The van der Waals surface area contributed by atoms with Gasteiger partial charge in [-0.25, -0.2) is 9.07 Å². The lowest BCUT2D eigenvalue weighted by molar-refractivity contribution is 0.0734. The van der Waals surface area contributed by atoms with Crippen LogP contribution in [0.5, 0.6) is 5.75 Å². The maximum atomic E-state index is 14.7. The molecule has 2 heterocycles. The zero-order valence-corrected chi connectivity index (χ0v) is 18.3. The number of benzene rings is 2. The van der Waals surface area contributed by atoms with Crippen LogP contribution in [-0.2, 0) is 5.60 Å². The fourth-order valence-electron chi connectivity index (χ4n) is 3.14. The maximum Gasteiger partial charge on any atom is 0.173 e. The molecular formula is C23H20ClFN2O2S. The molecule has 30 heavy (non-hydrogen) atoms. The van der Waals surface area contributed by atoms with Crippen molar-refractivity contribution >= 4 is 22.9 Å². The Balaban J connectivity index is 1.86. The summed E-state index contributed by atoms with van der Waals surface area (Å²) in [5, 5.41) is 15.7. The van der Waals surface area contributed by atoms with Crippen LogP contribution in [-0.4, -0.2) is 22.0 Å². The Labute approximate surface area is 183 Å². The van der Waals surface area contributed by atoms with Crippen LogP contribution in [0.15, 0.2) is 60.7 Å². The summed E-state index contributed by atoms with van der Waals surface area (Å²) in [5.74, 6) is -0.196. The van der Waals surface area contributed by atoms with Crippen molar-refractivity contribution < 1.29 is 14.2 Å². The SMILES string of the molecule is COc1cccc(-c2ccc(-c3cc(C(C)(C)O)nn3-c3ccccc3Cl)s2)c1F. The molecule has 0 amide bonds. The molecule has 0 bridgehead atoms. The van der Waals surface area contributed by atoms with Crippen molar-refractivity contribution in [2.45, 2.75) is 19.4 Å². The number of hydrogen-bond acceptors (Lipinski definition) is 4. The van der Waals surface area contributed by atoms with Gasteiger partial charge in [0, 0.05) is 10.4 Å². The Morgan fingerprint density at radius 1 is 1.07 bits per heavy atom. The number of hydrogen-bond donors (Lipinski definition) is 1. The van der Waals surface area contributed by atoms with Crippen molar-refractivity contribution in [3.8, 4) is 32.4 Å². The minimum absolute atomic E-state index is 0.202. The topological polar surface area (TPSA) is 47.3 Å². The Morgan fingerprint density at radius 3 is 2.50 bits per heavy atom. The van der Waals surface area contributed by atoms with Gasteiger partial charge in [-0.2, -0.15) is 5.10 Å². The van der Waals surface area contributed by atoms with E-state index in [-0.39, 0.29) is 5.75 Å². The van der Waals surface area contributed by atoms with E-state index in [1.165, 1.54) is 18.4 Å². The third kappa shape index (κ3) is 3.74. The molecule has 0 saturated heterocycles. The van der Waals surface area contributed by atoms with Crippen LogP contribution < -0.4 is 4.74 Å². The van der Waals surface area contributed by atoms with Crippen molar-refractivity contribution in [1.82, 2.24) is 9.78 Å². The number of rotatable bonds is 5. The minimum atomic E-state index is -1.12. The summed E-state index contributed by atoms with van der Waals surface area (Å²) >= 11 is 7.84. The van der Waals surface area contributed by atoms with Crippen LogP contribution in [0, 0.1) is 5.82 Å². The first-order valence-corrected chi connectivity index (χ1v) is 10.5. The van der Waals surface area contributed by atoms with Gasteiger partial charge in [0.2, 0.25) is 0 Å². The summed E-state index contributed by atoms with van der Waals surface area (Å²) in [4.78, 5) is 1.63. The molecule has 4 rings (SSSR count). The lowest BCUT2D eigenvalue weighted by atomic mass is 10.1. The Bertz CT molecular complexity index is 1210. The van der Waals surface area contributed by atoms with Gasteiger partial charge in [-0.15, -0.1) is 11.3 Å². The zero-order chi connectivity index (χ0) is 21.5. The molecule has 0 unspecified atom stereocenters. The van der Waals surface area contributed by atoms with Crippen molar-refractivity contribution in [2.75, 3.05) is 7.11 Å². The van der Waals surface area contributed by atoms with E-state index >= 15 is 0 Å². The van der Waals surface area contributed by atoms with Crippen molar-refractivity contribution in [1.29, 1.82) is 0 Å².